The quantitative estimate of drug-likeness (QED) is 0.239. The smallest absolute Gasteiger partial charge is 0.416 e. The third kappa shape index (κ3) is 12.1. The van der Waals surface area contributed by atoms with E-state index in [0.29, 0.717) is 45.9 Å². The van der Waals surface area contributed by atoms with Crippen LogP contribution in [-0.2, 0) is 6.18 Å². The van der Waals surface area contributed by atoms with Gasteiger partial charge in [-0.3, -0.25) is 14.4 Å². The number of halogens is 8. The Kier molecular flexibility index (Phi) is 14.7. The van der Waals surface area contributed by atoms with E-state index >= 15 is 0 Å². The maximum Gasteiger partial charge on any atom is 0.416 e. The Balaban J connectivity index is 0.000000296. The molecule has 3 aromatic carbocycles. The van der Waals surface area contributed by atoms with E-state index in [2.05, 4.69) is 0 Å². The second-order valence-corrected chi connectivity index (χ2v) is 8.90. The summed E-state index contributed by atoms with van der Waals surface area (Å²) in [5.41, 5.74) is -0.278. The van der Waals surface area contributed by atoms with Crippen molar-refractivity contribution in [3.8, 4) is 11.5 Å². The lowest BCUT2D eigenvalue weighted by atomic mass is 10.1. The fraction of sp³-hybridized carbons (Fsp3) is 0.192. The van der Waals surface area contributed by atoms with Crippen LogP contribution >= 0.6 is 58.0 Å². The SMILES string of the molecule is CCOc1ccc(C(=O)Cl)cc1OCC.O=C(Cl)c1ccc(Cl)c(Cl)c1.O=C(Cl)c1cccc(C(F)(F)F)c1. The van der Waals surface area contributed by atoms with Gasteiger partial charge in [0, 0.05) is 16.7 Å². The van der Waals surface area contributed by atoms with Crippen molar-refractivity contribution >= 4 is 73.7 Å². The minimum Gasteiger partial charge on any atom is -0.490 e. The Morgan fingerprint density at radius 2 is 1.15 bits per heavy atom. The Hall–Kier alpha value is -2.49. The monoisotopic (exact) mass is 644 g/mol. The first kappa shape index (κ1) is 34.5. The zero-order chi connectivity index (χ0) is 29.8. The van der Waals surface area contributed by atoms with E-state index in [1.807, 2.05) is 13.8 Å². The molecule has 5 nitrogen and oxygen atoms in total. The molecular formula is C26H20Cl5F3O5. The van der Waals surface area contributed by atoms with E-state index in [1.165, 1.54) is 24.3 Å². The van der Waals surface area contributed by atoms with E-state index in [-0.39, 0.29) is 5.56 Å². The normalized spacial score (nSPS) is 10.3. The third-order valence-corrected chi connectivity index (χ3v) is 5.73. The van der Waals surface area contributed by atoms with Crippen molar-refractivity contribution in [2.45, 2.75) is 20.0 Å². The minimum atomic E-state index is -4.44. The average Bonchev–Trinajstić information content (AvgIpc) is 2.87. The van der Waals surface area contributed by atoms with Gasteiger partial charge in [-0.15, -0.1) is 0 Å². The lowest BCUT2D eigenvalue weighted by molar-refractivity contribution is -0.137. The van der Waals surface area contributed by atoms with E-state index in [1.54, 1.807) is 18.2 Å². The molecule has 0 radical (unpaired) electrons. The van der Waals surface area contributed by atoms with Crippen molar-refractivity contribution < 1.29 is 37.0 Å². The van der Waals surface area contributed by atoms with Gasteiger partial charge in [0.2, 0.25) is 0 Å². The molecule has 0 saturated carbocycles. The third-order valence-electron chi connectivity index (χ3n) is 4.33. The fourth-order valence-corrected chi connectivity index (χ4v) is 3.26. The molecule has 0 spiro atoms. The van der Waals surface area contributed by atoms with E-state index in [4.69, 9.17) is 67.5 Å². The number of benzene rings is 3. The van der Waals surface area contributed by atoms with Crippen LogP contribution in [-0.4, -0.2) is 28.9 Å². The number of hydrogen-bond donors (Lipinski definition) is 0. The summed E-state index contributed by atoms with van der Waals surface area (Å²) in [7, 11) is 0. The summed E-state index contributed by atoms with van der Waals surface area (Å²) in [5, 5.41) is -1.19. The highest BCUT2D eigenvalue weighted by atomic mass is 35.5. The van der Waals surface area contributed by atoms with Crippen LogP contribution in [0.4, 0.5) is 13.2 Å². The van der Waals surface area contributed by atoms with E-state index < -0.39 is 27.5 Å². The fourth-order valence-electron chi connectivity index (χ4n) is 2.61. The molecule has 0 amide bonds. The summed E-state index contributed by atoms with van der Waals surface area (Å²) in [6, 6.07) is 13.3. The number of alkyl halides is 3. The Morgan fingerprint density at radius 3 is 1.64 bits per heavy atom. The van der Waals surface area contributed by atoms with Gasteiger partial charge in [-0.05, 0) is 97.2 Å². The number of ether oxygens (including phenoxy) is 2. The van der Waals surface area contributed by atoms with E-state index in [0.717, 1.165) is 18.2 Å². The van der Waals surface area contributed by atoms with Gasteiger partial charge in [-0.1, -0.05) is 35.3 Å². The molecule has 0 bridgehead atoms. The first-order valence-electron chi connectivity index (χ1n) is 10.8. The predicted octanol–water partition coefficient (Wildman–Crippen LogP) is 9.32. The molecule has 0 aliphatic heterocycles. The van der Waals surface area contributed by atoms with Crippen LogP contribution < -0.4 is 9.47 Å². The highest BCUT2D eigenvalue weighted by Crippen LogP contribution is 2.30. The molecule has 0 atom stereocenters. The zero-order valence-corrected chi connectivity index (χ0v) is 24.0. The molecule has 39 heavy (non-hydrogen) atoms. The van der Waals surface area contributed by atoms with Crippen molar-refractivity contribution in [2.75, 3.05) is 13.2 Å². The topological polar surface area (TPSA) is 69.7 Å². The molecule has 0 heterocycles. The van der Waals surface area contributed by atoms with Crippen LogP contribution in [0.5, 0.6) is 11.5 Å². The lowest BCUT2D eigenvalue weighted by Gasteiger charge is -2.10. The van der Waals surface area contributed by atoms with Crippen LogP contribution in [0.15, 0.2) is 60.7 Å². The van der Waals surface area contributed by atoms with Gasteiger partial charge >= 0.3 is 6.18 Å². The van der Waals surface area contributed by atoms with Crippen LogP contribution in [0.25, 0.3) is 0 Å². The van der Waals surface area contributed by atoms with Gasteiger partial charge in [-0.25, -0.2) is 0 Å². The largest absolute Gasteiger partial charge is 0.490 e. The average molecular weight is 647 g/mol. The molecule has 0 aliphatic rings. The first-order chi connectivity index (χ1) is 18.2. The summed E-state index contributed by atoms with van der Waals surface area (Å²) < 4.78 is 46.9. The van der Waals surface area contributed by atoms with Crippen molar-refractivity contribution in [3.63, 3.8) is 0 Å². The molecule has 0 aromatic heterocycles. The Bertz CT molecular complexity index is 1300. The maximum atomic E-state index is 12.1. The predicted molar refractivity (Wildman–Crippen MR) is 147 cm³/mol. The van der Waals surface area contributed by atoms with E-state index in [9.17, 15) is 27.6 Å². The van der Waals surface area contributed by atoms with Crippen LogP contribution in [0.1, 0.15) is 50.5 Å². The number of hydrogen-bond acceptors (Lipinski definition) is 5. The maximum absolute atomic E-state index is 12.1. The van der Waals surface area contributed by atoms with Gasteiger partial charge in [-0.2, -0.15) is 13.2 Å². The molecule has 0 N–H and O–H groups in total. The minimum absolute atomic E-state index is 0.156. The molecule has 0 saturated heterocycles. The van der Waals surface area contributed by atoms with Crippen LogP contribution in [0.3, 0.4) is 0 Å². The second kappa shape index (κ2) is 16.6. The number of carbonyl (C=O) groups is 3. The van der Waals surface area contributed by atoms with Gasteiger partial charge in [0.25, 0.3) is 15.7 Å². The highest BCUT2D eigenvalue weighted by Gasteiger charge is 2.30. The van der Waals surface area contributed by atoms with Crippen molar-refractivity contribution in [1.29, 1.82) is 0 Å². The second-order valence-electron chi connectivity index (χ2n) is 7.06. The summed E-state index contributed by atoms with van der Waals surface area (Å²) in [6.45, 7) is 4.81. The van der Waals surface area contributed by atoms with Crippen molar-refractivity contribution in [1.82, 2.24) is 0 Å². The molecule has 0 unspecified atom stereocenters. The Morgan fingerprint density at radius 1 is 0.667 bits per heavy atom. The van der Waals surface area contributed by atoms with Gasteiger partial charge in [0.1, 0.15) is 0 Å². The molecule has 13 heteroatoms. The summed E-state index contributed by atoms with van der Waals surface area (Å²) in [6.07, 6.45) is -4.44. The number of rotatable bonds is 7. The number of carbonyl (C=O) groups excluding carboxylic acids is 3. The standard InChI is InChI=1S/C11H13ClO3.C8H4ClF3O.C7H3Cl3O/c1-3-14-9-6-5-8(11(12)13)7-10(9)15-4-2;9-7(13)5-2-1-3-6(4-5)8(10,11)12;8-5-2-1-4(7(10)11)3-6(5)9/h5-7H,3-4H2,1-2H3;1-4H;1-3H. The molecule has 3 rings (SSSR count). The first-order valence-corrected chi connectivity index (χ1v) is 12.7. The van der Waals surface area contributed by atoms with Crippen molar-refractivity contribution in [3.05, 3.63) is 93.0 Å². The van der Waals surface area contributed by atoms with Gasteiger partial charge in [0.15, 0.2) is 11.5 Å². The van der Waals surface area contributed by atoms with Gasteiger partial charge < -0.3 is 9.47 Å². The van der Waals surface area contributed by atoms with Crippen LogP contribution in [0.2, 0.25) is 10.0 Å². The molecule has 0 fully saturated rings. The summed E-state index contributed by atoms with van der Waals surface area (Å²) >= 11 is 26.8. The molecular weight excluding hydrogens is 627 g/mol. The summed E-state index contributed by atoms with van der Waals surface area (Å²) in [4.78, 5) is 32.0. The highest BCUT2D eigenvalue weighted by molar-refractivity contribution is 6.68. The van der Waals surface area contributed by atoms with Crippen molar-refractivity contribution in [2.24, 2.45) is 0 Å². The molecule has 0 aliphatic carbocycles. The molecule has 210 valence electrons. The molecule has 3 aromatic rings. The van der Waals surface area contributed by atoms with Gasteiger partial charge in [0.05, 0.1) is 28.8 Å². The lowest BCUT2D eigenvalue weighted by Crippen LogP contribution is -2.05. The van der Waals surface area contributed by atoms with Crippen LogP contribution in [0, 0.1) is 0 Å². The zero-order valence-electron chi connectivity index (χ0n) is 20.3. The summed E-state index contributed by atoms with van der Waals surface area (Å²) in [5.74, 6) is 1.17. The Labute approximate surface area is 247 Å².